The summed E-state index contributed by atoms with van der Waals surface area (Å²) in [5.41, 5.74) is 5.42. The van der Waals surface area contributed by atoms with E-state index >= 15 is 0 Å². The molecule has 0 saturated heterocycles. The smallest absolute Gasteiger partial charge is 0.462 e. The van der Waals surface area contributed by atoms with E-state index in [1.54, 1.807) is 0 Å². The first-order chi connectivity index (χ1) is 45.8. The number of hydrogen-bond acceptors (Lipinski definition) is 8. The first kappa shape index (κ1) is 92.0. The number of ether oxygens (including phenoxy) is 2. The quantitative estimate of drug-likeness (QED) is 0.0347. The zero-order chi connectivity index (χ0) is 67.2. The molecule has 0 aliphatic rings. The molecule has 3 N–H and O–H groups in total. The van der Waals surface area contributed by atoms with Gasteiger partial charge >= 0.3 is 19.8 Å². The lowest BCUT2D eigenvalue weighted by Gasteiger charge is -2.19. The van der Waals surface area contributed by atoms with Crippen molar-refractivity contribution in [2.24, 2.45) is 5.73 Å². The second-order valence-electron chi connectivity index (χ2n) is 29.4. The van der Waals surface area contributed by atoms with Crippen LogP contribution in [0.2, 0.25) is 0 Å². The number of esters is 2. The van der Waals surface area contributed by atoms with Crippen LogP contribution in [0.3, 0.4) is 0 Å². The molecular weight excluding hydrogens is 1170 g/mol. The van der Waals surface area contributed by atoms with Gasteiger partial charge in [0, 0.05) is 19.4 Å². The summed E-state index contributed by atoms with van der Waals surface area (Å²) < 4.78 is 33.3. The van der Waals surface area contributed by atoms with Crippen LogP contribution in [0.1, 0.15) is 489 Å². The predicted molar refractivity (Wildman–Crippen MR) is 405 cm³/mol. The third-order valence-corrected chi connectivity index (χ3v) is 21.0. The van der Waals surface area contributed by atoms with Gasteiger partial charge in [0.2, 0.25) is 0 Å². The highest BCUT2D eigenvalue weighted by Crippen LogP contribution is 2.43. The molecule has 0 saturated carbocycles. The number of nitrogens with two attached hydrogens (primary N) is 1. The Hall–Kier alpha value is -0.990. The third kappa shape index (κ3) is 79.9. The fraction of sp³-hybridized carbons (Fsp3) is 0.976. The van der Waals surface area contributed by atoms with Crippen LogP contribution in [0.4, 0.5) is 0 Å². The Labute approximate surface area is 581 Å². The van der Waals surface area contributed by atoms with Gasteiger partial charge in [0.25, 0.3) is 0 Å². The molecule has 556 valence electrons. The van der Waals surface area contributed by atoms with E-state index in [0.717, 1.165) is 32.1 Å². The number of rotatable bonds is 83. The van der Waals surface area contributed by atoms with Crippen LogP contribution in [-0.2, 0) is 32.7 Å². The average Bonchev–Trinajstić information content (AvgIpc) is 3.60. The van der Waals surface area contributed by atoms with E-state index in [4.69, 9.17) is 24.3 Å². The van der Waals surface area contributed by atoms with Gasteiger partial charge in [-0.25, -0.2) is 4.57 Å². The predicted octanol–water partition coefficient (Wildman–Crippen LogP) is 28.4. The van der Waals surface area contributed by atoms with Gasteiger partial charge in [-0.3, -0.25) is 18.6 Å². The molecule has 0 aromatic heterocycles. The minimum atomic E-state index is -4.39. The van der Waals surface area contributed by atoms with Crippen molar-refractivity contribution in [2.75, 3.05) is 26.4 Å². The Morgan fingerprint density at radius 2 is 0.462 bits per heavy atom. The van der Waals surface area contributed by atoms with Crippen LogP contribution in [-0.4, -0.2) is 49.3 Å². The van der Waals surface area contributed by atoms with Gasteiger partial charge in [0.05, 0.1) is 13.2 Å². The summed E-state index contributed by atoms with van der Waals surface area (Å²) in [6.07, 6.45) is 98.6. The zero-order valence-corrected chi connectivity index (χ0v) is 64.0. The molecule has 9 nitrogen and oxygen atoms in total. The van der Waals surface area contributed by atoms with E-state index < -0.39 is 26.5 Å². The number of phosphoric ester groups is 1. The summed E-state index contributed by atoms with van der Waals surface area (Å²) >= 11 is 0. The minimum absolute atomic E-state index is 0.0590. The van der Waals surface area contributed by atoms with Crippen molar-refractivity contribution >= 4 is 19.8 Å². The van der Waals surface area contributed by atoms with Gasteiger partial charge in [-0.15, -0.1) is 0 Å². The van der Waals surface area contributed by atoms with Crippen LogP contribution in [0.15, 0.2) is 0 Å². The van der Waals surface area contributed by atoms with Crippen molar-refractivity contribution in [3.05, 3.63) is 0 Å². The highest BCUT2D eigenvalue weighted by atomic mass is 31.2. The molecular formula is C83H166NO8P. The average molecular weight is 1340 g/mol. The molecule has 0 aliphatic heterocycles. The Morgan fingerprint density at radius 3 is 0.656 bits per heavy atom. The molecule has 93 heavy (non-hydrogen) atoms. The van der Waals surface area contributed by atoms with Crippen molar-refractivity contribution in [3.8, 4) is 0 Å². The molecule has 0 spiro atoms. The second-order valence-corrected chi connectivity index (χ2v) is 30.9. The van der Waals surface area contributed by atoms with Crippen LogP contribution < -0.4 is 5.73 Å². The molecule has 0 bridgehead atoms. The lowest BCUT2D eigenvalue weighted by atomic mass is 10.0. The van der Waals surface area contributed by atoms with Gasteiger partial charge in [-0.1, -0.05) is 463 Å². The van der Waals surface area contributed by atoms with Crippen LogP contribution >= 0.6 is 7.82 Å². The van der Waals surface area contributed by atoms with Crippen LogP contribution in [0.5, 0.6) is 0 Å². The molecule has 0 radical (unpaired) electrons. The summed E-state index contributed by atoms with van der Waals surface area (Å²) in [5, 5.41) is 0. The minimum Gasteiger partial charge on any atom is -0.462 e. The maximum absolute atomic E-state index is 12.8. The fourth-order valence-corrected chi connectivity index (χ4v) is 14.5. The highest BCUT2D eigenvalue weighted by molar-refractivity contribution is 7.47. The monoisotopic (exact) mass is 1340 g/mol. The van der Waals surface area contributed by atoms with Crippen molar-refractivity contribution in [1.29, 1.82) is 0 Å². The van der Waals surface area contributed by atoms with Gasteiger partial charge in [0.15, 0.2) is 6.10 Å². The van der Waals surface area contributed by atoms with Gasteiger partial charge in [-0.05, 0) is 12.8 Å². The Balaban J connectivity index is 3.69. The Kier molecular flexibility index (Phi) is 79.1. The maximum Gasteiger partial charge on any atom is 0.472 e. The van der Waals surface area contributed by atoms with E-state index in [9.17, 15) is 19.0 Å². The van der Waals surface area contributed by atoms with Crippen molar-refractivity contribution in [3.63, 3.8) is 0 Å². The van der Waals surface area contributed by atoms with E-state index in [1.807, 2.05) is 0 Å². The normalized spacial score (nSPS) is 12.7. The molecule has 0 aliphatic carbocycles. The number of phosphoric acid groups is 1. The summed E-state index contributed by atoms with van der Waals surface area (Å²) in [6.45, 7) is 3.86. The van der Waals surface area contributed by atoms with Crippen molar-refractivity contribution < 1.29 is 37.6 Å². The number of hydrogen-bond donors (Lipinski definition) is 2. The molecule has 2 unspecified atom stereocenters. The third-order valence-electron chi connectivity index (χ3n) is 20.0. The van der Waals surface area contributed by atoms with E-state index in [1.165, 1.54) is 424 Å². The molecule has 0 amide bonds. The number of unbranched alkanes of at least 4 members (excludes halogenated alkanes) is 70. The largest absolute Gasteiger partial charge is 0.472 e. The standard InChI is InChI=1S/C83H166NO8P/c1-3-5-7-9-11-13-15-17-19-21-23-25-27-29-31-33-35-37-38-39-40-41-42-44-46-48-50-52-54-56-58-60-62-64-66-68-70-72-74-76-83(86)92-81(80-91-93(87,88)90-78-77-84)79-89-82(85)75-73-71-69-67-65-63-61-59-57-55-53-51-49-47-45-43-36-34-32-30-28-26-24-22-20-18-16-14-12-10-8-6-4-2/h81H,3-80,84H2,1-2H3,(H,87,88). The van der Waals surface area contributed by atoms with Gasteiger partial charge in [0.1, 0.15) is 6.61 Å². The van der Waals surface area contributed by atoms with Crippen LogP contribution in [0, 0.1) is 0 Å². The first-order valence-corrected chi connectivity index (χ1v) is 44.0. The molecule has 2 atom stereocenters. The number of carbonyl (C=O) groups excluding carboxylic acids is 2. The summed E-state index contributed by atoms with van der Waals surface area (Å²) in [5.74, 6) is -0.793. The van der Waals surface area contributed by atoms with E-state index in [0.29, 0.717) is 12.8 Å². The fourth-order valence-electron chi connectivity index (χ4n) is 13.7. The second kappa shape index (κ2) is 80.0. The van der Waals surface area contributed by atoms with Gasteiger partial charge in [-0.2, -0.15) is 0 Å². The van der Waals surface area contributed by atoms with Crippen LogP contribution in [0.25, 0.3) is 0 Å². The van der Waals surface area contributed by atoms with E-state index in [-0.39, 0.29) is 32.1 Å². The lowest BCUT2D eigenvalue weighted by molar-refractivity contribution is -0.161. The molecule has 0 rings (SSSR count). The Bertz CT molecular complexity index is 1480. The summed E-state index contributed by atoms with van der Waals surface area (Å²) in [6, 6.07) is 0. The van der Waals surface area contributed by atoms with Crippen molar-refractivity contribution in [2.45, 2.75) is 495 Å². The zero-order valence-electron chi connectivity index (χ0n) is 63.1. The lowest BCUT2D eigenvalue weighted by Crippen LogP contribution is -2.29. The molecule has 0 heterocycles. The SMILES string of the molecule is CCCCCCCCCCCCCCCCCCCCCCCCCCCCCCCCCCCCCCCCCC(=O)OC(COC(=O)CCCCCCCCCCCCCCCCCCCCCCCCCCCCCCCCCCC)COP(=O)(O)OCCN. The van der Waals surface area contributed by atoms with Gasteiger partial charge < -0.3 is 20.1 Å². The summed E-state index contributed by atoms with van der Waals surface area (Å²) in [7, 11) is -4.39. The molecule has 0 aromatic rings. The topological polar surface area (TPSA) is 134 Å². The molecule has 0 fully saturated rings. The maximum atomic E-state index is 12.8. The van der Waals surface area contributed by atoms with E-state index in [2.05, 4.69) is 13.8 Å². The number of carbonyl (C=O) groups is 2. The van der Waals surface area contributed by atoms with Crippen molar-refractivity contribution in [1.82, 2.24) is 0 Å². The highest BCUT2D eigenvalue weighted by Gasteiger charge is 2.26. The first-order valence-electron chi connectivity index (χ1n) is 42.5. The Morgan fingerprint density at radius 1 is 0.280 bits per heavy atom. The molecule has 0 aromatic carbocycles. The molecule has 10 heteroatoms. The summed E-state index contributed by atoms with van der Waals surface area (Å²) in [4.78, 5) is 35.5.